The van der Waals surface area contributed by atoms with Crippen LogP contribution in [0.1, 0.15) is 30.6 Å². The Bertz CT molecular complexity index is 493. The first-order valence-electron chi connectivity index (χ1n) is 6.79. The minimum atomic E-state index is -0.0161. The van der Waals surface area contributed by atoms with Crippen molar-refractivity contribution >= 4 is 12.1 Å². The highest BCUT2D eigenvalue weighted by atomic mass is 16.5. The number of benzene rings is 1. The van der Waals surface area contributed by atoms with Gasteiger partial charge in [0.05, 0.1) is 19.2 Å². The van der Waals surface area contributed by atoms with Crippen molar-refractivity contribution in [1.29, 1.82) is 0 Å². The number of hydrogen-bond acceptors (Lipinski definition) is 4. The fourth-order valence-electron chi connectivity index (χ4n) is 2.23. The van der Waals surface area contributed by atoms with E-state index in [2.05, 4.69) is 29.0 Å². The van der Waals surface area contributed by atoms with Crippen molar-refractivity contribution in [2.75, 3.05) is 19.8 Å². The summed E-state index contributed by atoms with van der Waals surface area (Å²) in [5.41, 5.74) is 2.16. The molecule has 4 heteroatoms. The molecule has 100 valence electrons. The summed E-state index contributed by atoms with van der Waals surface area (Å²) in [6.45, 7) is 4.28. The average molecular weight is 258 g/mol. The second kappa shape index (κ2) is 5.53. The van der Waals surface area contributed by atoms with Crippen LogP contribution in [0, 0.1) is 0 Å². The largest absolute Gasteiger partial charge is 0.475 e. The molecule has 2 unspecified atom stereocenters. The summed E-state index contributed by atoms with van der Waals surface area (Å²) in [6, 6.07) is 8.50. The van der Waals surface area contributed by atoms with Gasteiger partial charge in [-0.1, -0.05) is 19.1 Å². The molecule has 0 aromatic heterocycles. The van der Waals surface area contributed by atoms with Gasteiger partial charge in [0.2, 0.25) is 5.90 Å². The zero-order valence-corrected chi connectivity index (χ0v) is 11.1. The highest BCUT2D eigenvalue weighted by Crippen LogP contribution is 2.20. The molecule has 0 amide bonds. The topological polar surface area (TPSA) is 43.2 Å². The first-order valence-corrected chi connectivity index (χ1v) is 6.79. The maximum Gasteiger partial charge on any atom is 0.216 e. The lowest BCUT2D eigenvalue weighted by atomic mass is 10.1. The van der Waals surface area contributed by atoms with E-state index in [1.165, 1.54) is 0 Å². The van der Waals surface area contributed by atoms with Crippen molar-refractivity contribution in [3.8, 4) is 0 Å². The number of nitrogens with zero attached hydrogens (tertiary/aromatic N) is 2. The average Bonchev–Trinajstić information content (AvgIpc) is 2.97. The van der Waals surface area contributed by atoms with E-state index in [0.29, 0.717) is 19.3 Å². The van der Waals surface area contributed by atoms with E-state index in [-0.39, 0.29) is 6.10 Å². The normalized spacial score (nSPS) is 26.1. The quantitative estimate of drug-likeness (QED) is 0.835. The Balaban J connectivity index is 1.76. The first-order chi connectivity index (χ1) is 9.36. The molecule has 1 aromatic carbocycles. The van der Waals surface area contributed by atoms with Crippen LogP contribution in [0.5, 0.6) is 0 Å². The lowest BCUT2D eigenvalue weighted by Crippen LogP contribution is -2.14. The van der Waals surface area contributed by atoms with Gasteiger partial charge in [0.1, 0.15) is 12.7 Å². The Labute approximate surface area is 113 Å². The van der Waals surface area contributed by atoms with Gasteiger partial charge in [-0.2, -0.15) is 0 Å². The molecule has 0 fully saturated rings. The summed E-state index contributed by atoms with van der Waals surface area (Å²) < 4.78 is 11.3. The van der Waals surface area contributed by atoms with Crippen LogP contribution < -0.4 is 0 Å². The molecule has 2 aliphatic heterocycles. The molecule has 4 nitrogen and oxygen atoms in total. The molecule has 0 spiro atoms. The Morgan fingerprint density at radius 1 is 1.26 bits per heavy atom. The smallest absolute Gasteiger partial charge is 0.216 e. The zero-order chi connectivity index (χ0) is 13.1. The summed E-state index contributed by atoms with van der Waals surface area (Å²) in [4.78, 5) is 8.81. The SMILES string of the molecule is CCC1COC(c2ccc(C3C=NCCO3)cc2)=N1. The summed E-state index contributed by atoms with van der Waals surface area (Å²) in [5, 5.41) is 0. The second-order valence-corrected chi connectivity index (χ2v) is 4.78. The van der Waals surface area contributed by atoms with Gasteiger partial charge in [-0.15, -0.1) is 0 Å². The van der Waals surface area contributed by atoms with Gasteiger partial charge in [0.15, 0.2) is 0 Å². The molecule has 3 rings (SSSR count). The van der Waals surface area contributed by atoms with Crippen LogP contribution in [0.15, 0.2) is 34.3 Å². The molecular formula is C15H18N2O2. The number of ether oxygens (including phenoxy) is 2. The van der Waals surface area contributed by atoms with E-state index in [0.717, 1.165) is 30.0 Å². The van der Waals surface area contributed by atoms with E-state index in [1.54, 1.807) is 0 Å². The fourth-order valence-corrected chi connectivity index (χ4v) is 2.23. The van der Waals surface area contributed by atoms with Crippen molar-refractivity contribution in [1.82, 2.24) is 0 Å². The molecule has 2 heterocycles. The van der Waals surface area contributed by atoms with Crippen LogP contribution in [0.2, 0.25) is 0 Å². The van der Waals surface area contributed by atoms with Gasteiger partial charge in [-0.25, -0.2) is 4.99 Å². The maximum absolute atomic E-state index is 5.65. The summed E-state index contributed by atoms with van der Waals surface area (Å²) in [6.07, 6.45) is 2.88. The van der Waals surface area contributed by atoms with Crippen molar-refractivity contribution < 1.29 is 9.47 Å². The molecule has 0 saturated carbocycles. The van der Waals surface area contributed by atoms with Gasteiger partial charge < -0.3 is 9.47 Å². The minimum absolute atomic E-state index is 0.0161. The number of hydrogen-bond donors (Lipinski definition) is 0. The predicted octanol–water partition coefficient (Wildman–Crippen LogP) is 2.38. The van der Waals surface area contributed by atoms with E-state index in [1.807, 2.05) is 18.3 Å². The standard InChI is InChI=1S/C15H18N2O2/c1-2-13-10-19-15(17-13)12-5-3-11(4-6-12)14-9-16-7-8-18-14/h3-6,9,13-14H,2,7-8,10H2,1H3. The Morgan fingerprint density at radius 3 is 2.74 bits per heavy atom. The maximum atomic E-state index is 5.65. The molecule has 2 atom stereocenters. The van der Waals surface area contributed by atoms with Crippen LogP contribution in [-0.4, -0.2) is 37.9 Å². The number of rotatable bonds is 3. The highest BCUT2D eigenvalue weighted by Gasteiger charge is 2.19. The molecule has 1 aromatic rings. The molecule has 0 radical (unpaired) electrons. The molecule has 0 aliphatic carbocycles. The van der Waals surface area contributed by atoms with E-state index >= 15 is 0 Å². The third-order valence-electron chi connectivity index (χ3n) is 3.43. The Hall–Kier alpha value is -1.68. The van der Waals surface area contributed by atoms with Gasteiger partial charge in [-0.05, 0) is 24.1 Å². The van der Waals surface area contributed by atoms with Crippen LogP contribution in [-0.2, 0) is 9.47 Å². The summed E-state index contributed by atoms with van der Waals surface area (Å²) in [5.74, 6) is 0.761. The van der Waals surface area contributed by atoms with E-state index < -0.39 is 0 Å². The molecule has 0 bridgehead atoms. The molecule has 19 heavy (non-hydrogen) atoms. The van der Waals surface area contributed by atoms with Gasteiger partial charge in [0.25, 0.3) is 0 Å². The van der Waals surface area contributed by atoms with Crippen molar-refractivity contribution in [2.24, 2.45) is 9.98 Å². The lowest BCUT2D eigenvalue weighted by molar-refractivity contribution is 0.0995. The highest BCUT2D eigenvalue weighted by molar-refractivity contribution is 5.95. The van der Waals surface area contributed by atoms with Crippen LogP contribution in [0.3, 0.4) is 0 Å². The van der Waals surface area contributed by atoms with Gasteiger partial charge in [-0.3, -0.25) is 4.99 Å². The lowest BCUT2D eigenvalue weighted by Gasteiger charge is -2.17. The van der Waals surface area contributed by atoms with Crippen LogP contribution >= 0.6 is 0 Å². The Kier molecular flexibility index (Phi) is 3.60. The van der Waals surface area contributed by atoms with Crippen molar-refractivity contribution in [2.45, 2.75) is 25.5 Å². The molecule has 0 saturated heterocycles. The second-order valence-electron chi connectivity index (χ2n) is 4.78. The van der Waals surface area contributed by atoms with Crippen molar-refractivity contribution in [3.63, 3.8) is 0 Å². The van der Waals surface area contributed by atoms with Gasteiger partial charge >= 0.3 is 0 Å². The minimum Gasteiger partial charge on any atom is -0.475 e. The van der Waals surface area contributed by atoms with E-state index in [4.69, 9.17) is 9.47 Å². The zero-order valence-electron chi connectivity index (χ0n) is 11.1. The van der Waals surface area contributed by atoms with Crippen molar-refractivity contribution in [3.05, 3.63) is 35.4 Å². The Morgan fingerprint density at radius 2 is 2.11 bits per heavy atom. The first kappa shape index (κ1) is 12.4. The fraction of sp³-hybridized carbons (Fsp3) is 0.467. The molecule has 0 N–H and O–H groups in total. The third kappa shape index (κ3) is 2.68. The number of aliphatic imine (C=N–C) groups is 2. The predicted molar refractivity (Wildman–Crippen MR) is 75.1 cm³/mol. The van der Waals surface area contributed by atoms with Crippen LogP contribution in [0.4, 0.5) is 0 Å². The van der Waals surface area contributed by atoms with Gasteiger partial charge in [0, 0.05) is 11.8 Å². The summed E-state index contributed by atoms with van der Waals surface area (Å²) >= 11 is 0. The van der Waals surface area contributed by atoms with E-state index in [9.17, 15) is 0 Å². The molecular weight excluding hydrogens is 240 g/mol. The monoisotopic (exact) mass is 258 g/mol. The van der Waals surface area contributed by atoms with Crippen LogP contribution in [0.25, 0.3) is 0 Å². The molecule has 2 aliphatic rings. The summed E-state index contributed by atoms with van der Waals surface area (Å²) in [7, 11) is 0. The third-order valence-corrected chi connectivity index (χ3v) is 3.43.